The Morgan fingerprint density at radius 3 is 2.53 bits per heavy atom. The van der Waals surface area contributed by atoms with E-state index in [0.29, 0.717) is 11.3 Å². The van der Waals surface area contributed by atoms with Gasteiger partial charge in [-0.2, -0.15) is 0 Å². The zero-order valence-electron chi connectivity index (χ0n) is 19.7. The molecule has 4 nitrogen and oxygen atoms in total. The molecule has 34 heavy (non-hydrogen) atoms. The summed E-state index contributed by atoms with van der Waals surface area (Å²) in [6.45, 7) is 7.88. The minimum Gasteiger partial charge on any atom is -0.496 e. The molecule has 1 heterocycles. The number of hydrogen-bond acceptors (Lipinski definition) is 3. The van der Waals surface area contributed by atoms with Crippen molar-refractivity contribution < 1.29 is 18.3 Å². The van der Waals surface area contributed by atoms with Crippen LogP contribution >= 0.6 is 11.6 Å². The number of aryl methyl sites for hydroxylation is 3. The summed E-state index contributed by atoms with van der Waals surface area (Å²) >= 11 is 5.79. The summed E-state index contributed by atoms with van der Waals surface area (Å²) in [6, 6.07) is 12.4. The minimum atomic E-state index is -0.599. The van der Waals surface area contributed by atoms with Crippen molar-refractivity contribution in [3.63, 3.8) is 0 Å². The van der Waals surface area contributed by atoms with Crippen molar-refractivity contribution in [3.05, 3.63) is 87.9 Å². The first-order valence-electron chi connectivity index (χ1n) is 10.8. The third kappa shape index (κ3) is 4.44. The van der Waals surface area contributed by atoms with Crippen LogP contribution in [-0.2, 0) is 4.79 Å². The van der Waals surface area contributed by atoms with Crippen molar-refractivity contribution in [1.82, 2.24) is 0 Å². The van der Waals surface area contributed by atoms with Crippen LogP contribution in [0.1, 0.15) is 29.2 Å². The molecule has 0 aliphatic heterocycles. The number of benzene rings is 3. The van der Waals surface area contributed by atoms with Crippen LogP contribution in [0.3, 0.4) is 0 Å². The Kier molecular flexibility index (Phi) is 6.49. The first-order chi connectivity index (χ1) is 16.2. The highest BCUT2D eigenvalue weighted by Crippen LogP contribution is 2.41. The quantitative estimate of drug-likeness (QED) is 0.297. The second-order valence-corrected chi connectivity index (χ2v) is 8.80. The van der Waals surface area contributed by atoms with Crippen LogP contribution < -0.4 is 10.1 Å². The molecule has 0 saturated heterocycles. The van der Waals surface area contributed by atoms with Gasteiger partial charge in [-0.05, 0) is 68.7 Å². The van der Waals surface area contributed by atoms with Gasteiger partial charge in [-0.1, -0.05) is 35.4 Å². The fourth-order valence-electron chi connectivity index (χ4n) is 4.23. The topological polar surface area (TPSA) is 51.5 Å². The van der Waals surface area contributed by atoms with Gasteiger partial charge in [0, 0.05) is 33.2 Å². The number of rotatable bonds is 5. The second kappa shape index (κ2) is 9.35. The van der Waals surface area contributed by atoms with Crippen molar-refractivity contribution >= 4 is 39.7 Å². The number of anilines is 1. The highest BCUT2D eigenvalue weighted by Gasteiger charge is 2.19. The van der Waals surface area contributed by atoms with Crippen LogP contribution in [0.25, 0.3) is 27.7 Å². The Morgan fingerprint density at radius 2 is 1.85 bits per heavy atom. The molecule has 0 spiro atoms. The van der Waals surface area contributed by atoms with Gasteiger partial charge in [0.1, 0.15) is 17.1 Å². The van der Waals surface area contributed by atoms with Crippen LogP contribution in [0.2, 0.25) is 5.02 Å². The molecule has 0 bridgehead atoms. The average Bonchev–Trinajstić information content (AvgIpc) is 3.19. The van der Waals surface area contributed by atoms with E-state index in [1.54, 1.807) is 13.4 Å². The SMILES string of the molecule is COc1c(/C(C)=C/C(=O)Nc2ccc(Cl)cc2F)cc2c(-c3ccc(C)cc3C)coc2c1C. The normalized spacial score (nSPS) is 11.7. The lowest BCUT2D eigenvalue weighted by Gasteiger charge is -2.14. The molecule has 4 aromatic rings. The summed E-state index contributed by atoms with van der Waals surface area (Å²) in [4.78, 5) is 12.6. The Bertz CT molecular complexity index is 1450. The Morgan fingerprint density at radius 1 is 1.09 bits per heavy atom. The molecule has 0 fully saturated rings. The van der Waals surface area contributed by atoms with Crippen LogP contribution in [0.4, 0.5) is 10.1 Å². The molecule has 0 radical (unpaired) electrons. The lowest BCUT2D eigenvalue weighted by molar-refractivity contribution is -0.111. The lowest BCUT2D eigenvalue weighted by atomic mass is 9.94. The standard InChI is InChI=1S/C28H25ClFNO3/c1-15-6-8-20(16(2)10-15)23-14-34-28-18(4)27(33-5)21(13-22(23)28)17(3)11-26(32)31-25-9-7-19(29)12-24(25)30/h6-14H,1-5H3,(H,31,32)/b17-11+. The first-order valence-corrected chi connectivity index (χ1v) is 11.2. The molecular formula is C28H25ClFNO3. The Hall–Kier alpha value is -3.57. The van der Waals surface area contributed by atoms with E-state index in [0.717, 1.165) is 44.9 Å². The molecular weight excluding hydrogens is 453 g/mol. The van der Waals surface area contributed by atoms with Crippen LogP contribution in [0.15, 0.2) is 59.2 Å². The Balaban J connectivity index is 1.78. The van der Waals surface area contributed by atoms with Crippen molar-refractivity contribution in [3.8, 4) is 16.9 Å². The van der Waals surface area contributed by atoms with Gasteiger partial charge in [0.15, 0.2) is 0 Å². The zero-order valence-corrected chi connectivity index (χ0v) is 20.4. The summed E-state index contributed by atoms with van der Waals surface area (Å²) in [7, 11) is 1.59. The smallest absolute Gasteiger partial charge is 0.248 e. The van der Waals surface area contributed by atoms with Gasteiger partial charge in [0.05, 0.1) is 19.1 Å². The number of carbonyl (C=O) groups excluding carboxylic acids is 1. The average molecular weight is 478 g/mol. The number of nitrogens with one attached hydrogen (secondary N) is 1. The second-order valence-electron chi connectivity index (χ2n) is 8.37. The number of hydrogen-bond donors (Lipinski definition) is 1. The van der Waals surface area contributed by atoms with E-state index in [-0.39, 0.29) is 10.7 Å². The van der Waals surface area contributed by atoms with Gasteiger partial charge >= 0.3 is 0 Å². The summed E-state index contributed by atoms with van der Waals surface area (Å²) in [6.07, 6.45) is 3.18. The highest BCUT2D eigenvalue weighted by atomic mass is 35.5. The molecule has 1 N–H and O–H groups in total. The third-order valence-electron chi connectivity index (χ3n) is 5.88. The molecule has 0 aliphatic rings. The maximum atomic E-state index is 14.1. The van der Waals surface area contributed by atoms with Crippen LogP contribution in [-0.4, -0.2) is 13.0 Å². The molecule has 1 amide bonds. The largest absolute Gasteiger partial charge is 0.496 e. The van der Waals surface area contributed by atoms with E-state index in [2.05, 4.69) is 37.4 Å². The maximum absolute atomic E-state index is 14.1. The van der Waals surface area contributed by atoms with Crippen LogP contribution in [0, 0.1) is 26.6 Å². The van der Waals surface area contributed by atoms with Gasteiger partial charge in [-0.25, -0.2) is 4.39 Å². The van der Waals surface area contributed by atoms with E-state index in [1.165, 1.54) is 23.8 Å². The van der Waals surface area contributed by atoms with Crippen molar-refractivity contribution in [2.75, 3.05) is 12.4 Å². The van der Waals surface area contributed by atoms with Crippen molar-refractivity contribution in [2.45, 2.75) is 27.7 Å². The van der Waals surface area contributed by atoms with Gasteiger partial charge in [0.25, 0.3) is 0 Å². The number of allylic oxidation sites excluding steroid dienone is 1. The fraction of sp³-hybridized carbons (Fsp3) is 0.179. The third-order valence-corrected chi connectivity index (χ3v) is 6.12. The molecule has 0 unspecified atom stereocenters. The molecule has 0 aliphatic carbocycles. The molecule has 0 atom stereocenters. The highest BCUT2D eigenvalue weighted by molar-refractivity contribution is 6.30. The predicted molar refractivity (Wildman–Crippen MR) is 136 cm³/mol. The molecule has 4 rings (SSSR count). The number of amides is 1. The zero-order chi connectivity index (χ0) is 24.6. The van der Waals surface area contributed by atoms with Gasteiger partial charge in [0.2, 0.25) is 5.91 Å². The van der Waals surface area contributed by atoms with Crippen molar-refractivity contribution in [1.29, 1.82) is 0 Å². The number of carbonyl (C=O) groups is 1. The van der Waals surface area contributed by atoms with E-state index < -0.39 is 11.7 Å². The minimum absolute atomic E-state index is 0.0593. The summed E-state index contributed by atoms with van der Waals surface area (Å²) in [5.41, 5.74) is 7.44. The number of fused-ring (bicyclic) bond motifs is 1. The number of halogens is 2. The van der Waals surface area contributed by atoms with E-state index in [1.807, 2.05) is 19.9 Å². The summed E-state index contributed by atoms with van der Waals surface area (Å²) in [5, 5.41) is 3.75. The van der Waals surface area contributed by atoms with E-state index >= 15 is 0 Å². The molecule has 3 aromatic carbocycles. The van der Waals surface area contributed by atoms with Crippen LogP contribution in [0.5, 0.6) is 5.75 Å². The lowest BCUT2D eigenvalue weighted by Crippen LogP contribution is -2.10. The number of ether oxygens (including phenoxy) is 1. The van der Waals surface area contributed by atoms with Gasteiger partial charge < -0.3 is 14.5 Å². The van der Waals surface area contributed by atoms with E-state index in [4.69, 9.17) is 20.8 Å². The fourth-order valence-corrected chi connectivity index (χ4v) is 4.39. The number of methoxy groups -OCH3 is 1. The molecule has 174 valence electrons. The van der Waals surface area contributed by atoms with Crippen molar-refractivity contribution in [2.24, 2.45) is 0 Å². The maximum Gasteiger partial charge on any atom is 0.248 e. The molecule has 6 heteroatoms. The summed E-state index contributed by atoms with van der Waals surface area (Å²) < 4.78 is 25.7. The van der Waals surface area contributed by atoms with E-state index in [9.17, 15) is 9.18 Å². The molecule has 0 saturated carbocycles. The first kappa shape index (κ1) is 23.6. The predicted octanol–water partition coefficient (Wildman–Crippen LogP) is 7.87. The summed E-state index contributed by atoms with van der Waals surface area (Å²) in [5.74, 6) is -0.438. The van der Waals surface area contributed by atoms with Gasteiger partial charge in [-0.15, -0.1) is 0 Å². The Labute approximate surface area is 203 Å². The van der Waals surface area contributed by atoms with Gasteiger partial charge in [-0.3, -0.25) is 4.79 Å². The number of furan rings is 1. The molecule has 1 aromatic heterocycles. The monoisotopic (exact) mass is 477 g/mol.